The number of carbonyl (C=O) groups is 2. The molecule has 148 valence electrons. The molecule has 1 atom stereocenters. The average molecular weight is 390 g/mol. The third kappa shape index (κ3) is 3.59. The van der Waals surface area contributed by atoms with Crippen molar-refractivity contribution in [1.29, 1.82) is 0 Å². The smallest absolute Gasteiger partial charge is 0.354 e. The number of benzene rings is 2. The molecule has 0 fully saturated rings. The van der Waals surface area contributed by atoms with Gasteiger partial charge in [0.1, 0.15) is 11.8 Å². The molecule has 1 unspecified atom stereocenters. The van der Waals surface area contributed by atoms with E-state index in [1.54, 1.807) is 11.9 Å². The highest BCUT2D eigenvalue weighted by molar-refractivity contribution is 6.38. The second-order valence-corrected chi connectivity index (χ2v) is 6.82. The first-order valence-electron chi connectivity index (χ1n) is 9.52. The monoisotopic (exact) mass is 390 g/mol. The van der Waals surface area contributed by atoms with Gasteiger partial charge in [-0.25, -0.2) is 4.79 Å². The van der Waals surface area contributed by atoms with Gasteiger partial charge in [-0.2, -0.15) is 5.10 Å². The zero-order valence-corrected chi connectivity index (χ0v) is 16.3. The topological polar surface area (TPSA) is 75.9 Å². The standard InChI is InChI=1S/C22H22N4O3/c1-3-29-22(28)18-14-20(26(24-18)15-8-5-4-6-9-15)21(27)23-17-10-7-11-19-16(17)12-13-25(19)2/h4-13,20H,3,14H2,1-2H3,(H,23,27). The SMILES string of the molecule is CCOC(=O)C1=NN(c2ccccc2)C(C(=O)Nc2cccc3c2ccn3C)C1. The summed E-state index contributed by atoms with van der Waals surface area (Å²) in [5.41, 5.74) is 2.74. The van der Waals surface area contributed by atoms with Crippen LogP contribution in [0.1, 0.15) is 13.3 Å². The minimum atomic E-state index is -0.643. The van der Waals surface area contributed by atoms with Gasteiger partial charge in [0.25, 0.3) is 0 Å². The maximum Gasteiger partial charge on any atom is 0.354 e. The molecule has 1 aliphatic rings. The van der Waals surface area contributed by atoms with Crippen LogP contribution in [0.2, 0.25) is 0 Å². The number of anilines is 2. The third-order valence-corrected chi connectivity index (χ3v) is 4.93. The van der Waals surface area contributed by atoms with E-state index in [1.807, 2.05) is 72.4 Å². The van der Waals surface area contributed by atoms with Crippen molar-refractivity contribution in [3.63, 3.8) is 0 Å². The number of hydrogen-bond donors (Lipinski definition) is 1. The van der Waals surface area contributed by atoms with Gasteiger partial charge >= 0.3 is 5.97 Å². The number of nitrogens with one attached hydrogen (secondary N) is 1. The van der Waals surface area contributed by atoms with Crippen molar-refractivity contribution in [3.8, 4) is 0 Å². The molecule has 0 saturated carbocycles. The molecule has 7 nitrogen and oxygen atoms in total. The molecule has 7 heteroatoms. The number of hydrogen-bond acceptors (Lipinski definition) is 5. The van der Waals surface area contributed by atoms with Gasteiger partial charge in [-0.3, -0.25) is 9.80 Å². The van der Waals surface area contributed by atoms with Crippen LogP contribution in [0.25, 0.3) is 10.9 Å². The minimum absolute atomic E-state index is 0.185. The summed E-state index contributed by atoms with van der Waals surface area (Å²) in [6.07, 6.45) is 2.14. The number of carbonyl (C=O) groups excluding carboxylic acids is 2. The van der Waals surface area contributed by atoms with Crippen molar-refractivity contribution < 1.29 is 14.3 Å². The Hall–Kier alpha value is -3.61. The van der Waals surface area contributed by atoms with Crippen LogP contribution in [-0.4, -0.2) is 34.8 Å². The molecular formula is C22H22N4O3. The van der Waals surface area contributed by atoms with E-state index in [-0.39, 0.29) is 24.6 Å². The molecule has 0 saturated heterocycles. The molecule has 1 aromatic heterocycles. The van der Waals surface area contributed by atoms with Gasteiger partial charge in [0, 0.05) is 30.6 Å². The fourth-order valence-electron chi connectivity index (χ4n) is 3.50. The predicted molar refractivity (Wildman–Crippen MR) is 113 cm³/mol. The van der Waals surface area contributed by atoms with E-state index in [0.717, 1.165) is 22.3 Å². The number of hydrazone groups is 1. The molecule has 1 amide bonds. The number of fused-ring (bicyclic) bond motifs is 1. The lowest BCUT2D eigenvalue weighted by molar-refractivity contribution is -0.135. The van der Waals surface area contributed by atoms with Crippen LogP contribution in [0.3, 0.4) is 0 Å². The minimum Gasteiger partial charge on any atom is -0.461 e. The lowest BCUT2D eigenvalue weighted by Gasteiger charge is -2.23. The Balaban J connectivity index is 1.63. The highest BCUT2D eigenvalue weighted by atomic mass is 16.5. The predicted octanol–water partition coefficient (Wildman–Crippen LogP) is 3.31. The molecule has 0 bridgehead atoms. The van der Waals surface area contributed by atoms with Gasteiger partial charge in [0.05, 0.1) is 18.0 Å². The van der Waals surface area contributed by atoms with Crippen LogP contribution in [0, 0.1) is 0 Å². The number of para-hydroxylation sites is 1. The largest absolute Gasteiger partial charge is 0.461 e. The second-order valence-electron chi connectivity index (χ2n) is 6.82. The average Bonchev–Trinajstić information content (AvgIpc) is 3.34. The highest BCUT2D eigenvalue weighted by Crippen LogP contribution is 2.28. The maximum absolute atomic E-state index is 13.2. The Morgan fingerprint density at radius 1 is 1.14 bits per heavy atom. The first-order valence-corrected chi connectivity index (χ1v) is 9.52. The molecule has 2 heterocycles. The summed E-state index contributed by atoms with van der Waals surface area (Å²) in [7, 11) is 1.96. The maximum atomic E-state index is 13.2. The normalized spacial score (nSPS) is 16.0. The number of aryl methyl sites for hydroxylation is 1. The summed E-state index contributed by atoms with van der Waals surface area (Å²) >= 11 is 0. The van der Waals surface area contributed by atoms with Crippen LogP contribution in [0.5, 0.6) is 0 Å². The van der Waals surface area contributed by atoms with E-state index >= 15 is 0 Å². The van der Waals surface area contributed by atoms with Gasteiger partial charge in [-0.15, -0.1) is 0 Å². The molecule has 0 radical (unpaired) electrons. The second kappa shape index (κ2) is 7.79. The quantitative estimate of drug-likeness (QED) is 0.678. The number of rotatable bonds is 5. The molecule has 2 aromatic carbocycles. The molecule has 1 N–H and O–H groups in total. The zero-order valence-electron chi connectivity index (χ0n) is 16.3. The van der Waals surface area contributed by atoms with Gasteiger partial charge in [-0.05, 0) is 37.3 Å². The van der Waals surface area contributed by atoms with Crippen LogP contribution in [0.4, 0.5) is 11.4 Å². The van der Waals surface area contributed by atoms with Gasteiger partial charge in [-0.1, -0.05) is 24.3 Å². The summed E-state index contributed by atoms with van der Waals surface area (Å²) < 4.78 is 7.08. The summed E-state index contributed by atoms with van der Waals surface area (Å²) in [5.74, 6) is -0.720. The van der Waals surface area contributed by atoms with E-state index in [4.69, 9.17) is 4.74 Å². The van der Waals surface area contributed by atoms with Crippen molar-refractivity contribution in [3.05, 3.63) is 60.8 Å². The van der Waals surface area contributed by atoms with Gasteiger partial charge < -0.3 is 14.6 Å². The van der Waals surface area contributed by atoms with Crippen LogP contribution >= 0.6 is 0 Å². The zero-order chi connectivity index (χ0) is 20.4. The molecule has 0 aliphatic carbocycles. The fourth-order valence-corrected chi connectivity index (χ4v) is 3.50. The summed E-state index contributed by atoms with van der Waals surface area (Å²) in [5, 5.41) is 9.96. The summed E-state index contributed by atoms with van der Waals surface area (Å²) in [6, 6.07) is 16.4. The van der Waals surface area contributed by atoms with Crippen LogP contribution in [0.15, 0.2) is 65.9 Å². The van der Waals surface area contributed by atoms with E-state index in [9.17, 15) is 9.59 Å². The van der Waals surface area contributed by atoms with Crippen molar-refractivity contribution in [2.24, 2.45) is 12.1 Å². The number of amides is 1. The lowest BCUT2D eigenvalue weighted by atomic mass is 10.1. The fraction of sp³-hybridized carbons (Fsp3) is 0.227. The Morgan fingerprint density at radius 2 is 1.93 bits per heavy atom. The number of ether oxygens (including phenoxy) is 1. The van der Waals surface area contributed by atoms with Crippen molar-refractivity contribution in [2.45, 2.75) is 19.4 Å². The Kier molecular flexibility index (Phi) is 5.03. The molecule has 0 spiro atoms. The first kappa shape index (κ1) is 18.7. The molecule has 1 aliphatic heterocycles. The Morgan fingerprint density at radius 3 is 2.69 bits per heavy atom. The van der Waals surface area contributed by atoms with Crippen LogP contribution in [-0.2, 0) is 21.4 Å². The molecular weight excluding hydrogens is 368 g/mol. The summed E-state index contributed by atoms with van der Waals surface area (Å²) in [4.78, 5) is 25.4. The highest BCUT2D eigenvalue weighted by Gasteiger charge is 2.37. The number of nitrogens with zero attached hydrogens (tertiary/aromatic N) is 3. The summed E-state index contributed by atoms with van der Waals surface area (Å²) in [6.45, 7) is 2.00. The molecule has 3 aromatic rings. The van der Waals surface area contributed by atoms with Crippen molar-refractivity contribution >= 4 is 39.9 Å². The van der Waals surface area contributed by atoms with Crippen LogP contribution < -0.4 is 10.3 Å². The Labute approximate surface area is 168 Å². The number of esters is 1. The number of aromatic nitrogens is 1. The first-order chi connectivity index (χ1) is 14.1. The van der Waals surface area contributed by atoms with E-state index in [0.29, 0.717) is 0 Å². The Bertz CT molecular complexity index is 1090. The van der Waals surface area contributed by atoms with Crippen molar-refractivity contribution in [1.82, 2.24) is 4.57 Å². The van der Waals surface area contributed by atoms with E-state index in [2.05, 4.69) is 10.4 Å². The molecule has 4 rings (SSSR count). The van der Waals surface area contributed by atoms with E-state index < -0.39 is 12.0 Å². The van der Waals surface area contributed by atoms with Gasteiger partial charge in [0.15, 0.2) is 0 Å². The third-order valence-electron chi connectivity index (χ3n) is 4.93. The van der Waals surface area contributed by atoms with E-state index in [1.165, 1.54) is 0 Å². The molecule has 29 heavy (non-hydrogen) atoms. The lowest BCUT2D eigenvalue weighted by Crippen LogP contribution is -2.38. The van der Waals surface area contributed by atoms with Crippen molar-refractivity contribution in [2.75, 3.05) is 16.9 Å². The van der Waals surface area contributed by atoms with Gasteiger partial charge in [0.2, 0.25) is 5.91 Å².